The fourth-order valence-corrected chi connectivity index (χ4v) is 6.11. The molecule has 1 N–H and O–H groups in total. The number of ether oxygens (including phenoxy) is 1. The van der Waals surface area contributed by atoms with E-state index in [-0.39, 0.29) is 49.1 Å². The molecule has 1 fully saturated rings. The second-order valence-electron chi connectivity index (χ2n) is 12.5. The van der Waals surface area contributed by atoms with Gasteiger partial charge in [-0.25, -0.2) is 9.18 Å². The van der Waals surface area contributed by atoms with Crippen molar-refractivity contribution < 1.29 is 28.6 Å². The molecule has 1 aliphatic rings. The number of carboxylic acids is 1. The normalized spacial score (nSPS) is 12.9. The Balaban J connectivity index is 1.28. The minimum atomic E-state index is -1.02. The molecule has 0 saturated carbocycles. The number of carbonyl (C=O) groups excluding carboxylic acids is 2. The highest BCUT2D eigenvalue weighted by molar-refractivity contribution is 5.94. The summed E-state index contributed by atoms with van der Waals surface area (Å²) >= 11 is 0. The number of carboxylic acid groups (broad SMARTS) is 1. The Morgan fingerprint density at radius 3 is 2.22 bits per heavy atom. The van der Waals surface area contributed by atoms with E-state index in [1.807, 2.05) is 61.5 Å². The third kappa shape index (κ3) is 10.2. The highest BCUT2D eigenvalue weighted by Crippen LogP contribution is 2.31. The summed E-state index contributed by atoms with van der Waals surface area (Å²) in [6, 6.07) is 28.3. The molecule has 0 aromatic heterocycles. The molecule has 4 aromatic rings. The van der Waals surface area contributed by atoms with Crippen LogP contribution >= 0.6 is 0 Å². The van der Waals surface area contributed by atoms with Crippen LogP contribution in [-0.2, 0) is 29.1 Å². The van der Waals surface area contributed by atoms with Crippen molar-refractivity contribution in [2.24, 2.45) is 0 Å². The number of nitrogens with zero attached hydrogens (tertiary/aromatic N) is 3. The summed E-state index contributed by atoms with van der Waals surface area (Å²) in [5, 5.41) is 9.47. The van der Waals surface area contributed by atoms with E-state index in [0.29, 0.717) is 37.6 Å². The Hall–Kier alpha value is -5.02. The maximum atomic E-state index is 13.9. The summed E-state index contributed by atoms with van der Waals surface area (Å²) in [5.74, 6) is -0.922. The summed E-state index contributed by atoms with van der Waals surface area (Å²) in [4.78, 5) is 44.8. The zero-order valence-corrected chi connectivity index (χ0v) is 28.0. The Morgan fingerprint density at radius 1 is 0.796 bits per heavy atom. The van der Waals surface area contributed by atoms with Gasteiger partial charge in [0.1, 0.15) is 18.3 Å². The van der Waals surface area contributed by atoms with E-state index >= 15 is 0 Å². The summed E-state index contributed by atoms with van der Waals surface area (Å²) < 4.78 is 19.9. The molecular formula is C40H44FN3O5. The van der Waals surface area contributed by atoms with E-state index in [1.54, 1.807) is 34.1 Å². The van der Waals surface area contributed by atoms with Gasteiger partial charge in [0.25, 0.3) is 0 Å². The van der Waals surface area contributed by atoms with Crippen LogP contribution in [0.4, 0.5) is 10.1 Å². The topological polar surface area (TPSA) is 90.4 Å². The number of rotatable bonds is 16. The van der Waals surface area contributed by atoms with Crippen molar-refractivity contribution in [3.63, 3.8) is 0 Å². The largest absolute Gasteiger partial charge is 0.478 e. The number of amides is 2. The maximum absolute atomic E-state index is 13.9. The van der Waals surface area contributed by atoms with Crippen LogP contribution in [0.2, 0.25) is 0 Å². The van der Waals surface area contributed by atoms with E-state index < -0.39 is 5.97 Å². The number of hydrogen-bond donors (Lipinski definition) is 1. The van der Waals surface area contributed by atoms with E-state index in [1.165, 1.54) is 18.2 Å². The fraction of sp³-hybridized carbons (Fsp3) is 0.325. The lowest BCUT2D eigenvalue weighted by Crippen LogP contribution is -2.33. The van der Waals surface area contributed by atoms with E-state index in [9.17, 15) is 23.9 Å². The van der Waals surface area contributed by atoms with Gasteiger partial charge in [0.05, 0.1) is 17.8 Å². The van der Waals surface area contributed by atoms with Crippen molar-refractivity contribution in [1.29, 1.82) is 0 Å². The molecule has 1 heterocycles. The first-order valence-corrected chi connectivity index (χ1v) is 16.9. The molecule has 8 nitrogen and oxygen atoms in total. The van der Waals surface area contributed by atoms with Crippen molar-refractivity contribution in [3.8, 4) is 5.75 Å². The SMILES string of the molecule is Cc1c(OCN2CCCC2)cccc1N(Cc1ccc(F)cc1)C(=O)CCCC(=O)N(CCc1ccccc1)Cc1cccc(C(=O)O)c1. The Bertz CT molecular complexity index is 1710. The van der Waals surface area contributed by atoms with Crippen LogP contribution in [0.15, 0.2) is 97.1 Å². The molecule has 256 valence electrons. The first-order chi connectivity index (χ1) is 23.8. The van der Waals surface area contributed by atoms with Crippen LogP contribution in [0.25, 0.3) is 0 Å². The van der Waals surface area contributed by atoms with Crippen LogP contribution < -0.4 is 9.64 Å². The Labute approximate surface area is 287 Å². The van der Waals surface area contributed by atoms with Gasteiger partial charge in [0, 0.05) is 44.6 Å². The Morgan fingerprint density at radius 2 is 1.49 bits per heavy atom. The molecule has 5 rings (SSSR count). The average Bonchev–Trinajstić information content (AvgIpc) is 3.64. The summed E-state index contributed by atoms with van der Waals surface area (Å²) in [7, 11) is 0. The molecule has 4 aromatic carbocycles. The number of anilines is 1. The zero-order chi connectivity index (χ0) is 34.6. The van der Waals surface area contributed by atoms with Crippen LogP contribution in [0.5, 0.6) is 5.75 Å². The predicted molar refractivity (Wildman–Crippen MR) is 188 cm³/mol. The second-order valence-corrected chi connectivity index (χ2v) is 12.5. The maximum Gasteiger partial charge on any atom is 0.335 e. The van der Waals surface area contributed by atoms with E-state index in [0.717, 1.165) is 48.2 Å². The molecular weight excluding hydrogens is 621 g/mol. The van der Waals surface area contributed by atoms with E-state index in [2.05, 4.69) is 4.90 Å². The smallest absolute Gasteiger partial charge is 0.335 e. The van der Waals surface area contributed by atoms with Crippen molar-refractivity contribution in [2.75, 3.05) is 31.3 Å². The molecule has 2 amide bonds. The molecule has 1 saturated heterocycles. The van der Waals surface area contributed by atoms with Gasteiger partial charge >= 0.3 is 5.97 Å². The average molecular weight is 666 g/mol. The molecule has 1 aliphatic heterocycles. The lowest BCUT2D eigenvalue weighted by molar-refractivity contribution is -0.132. The quantitative estimate of drug-likeness (QED) is 0.136. The summed E-state index contributed by atoms with van der Waals surface area (Å²) in [5.41, 5.74) is 4.31. The highest BCUT2D eigenvalue weighted by atomic mass is 19.1. The number of hydrogen-bond acceptors (Lipinski definition) is 5. The molecule has 0 atom stereocenters. The van der Waals surface area contributed by atoms with Gasteiger partial charge in [0.2, 0.25) is 11.8 Å². The number of likely N-dealkylation sites (tertiary alicyclic amines) is 1. The van der Waals surface area contributed by atoms with Gasteiger partial charge < -0.3 is 19.6 Å². The fourth-order valence-electron chi connectivity index (χ4n) is 6.11. The molecule has 49 heavy (non-hydrogen) atoms. The highest BCUT2D eigenvalue weighted by Gasteiger charge is 2.22. The first-order valence-electron chi connectivity index (χ1n) is 16.9. The number of benzene rings is 4. The number of carbonyl (C=O) groups is 3. The van der Waals surface area contributed by atoms with Crippen molar-refractivity contribution in [3.05, 3.63) is 131 Å². The monoisotopic (exact) mass is 665 g/mol. The molecule has 0 bridgehead atoms. The number of aromatic carboxylic acids is 1. The minimum absolute atomic E-state index is 0.108. The molecule has 0 aliphatic carbocycles. The van der Waals surface area contributed by atoms with Gasteiger partial charge in [0.15, 0.2) is 0 Å². The van der Waals surface area contributed by atoms with Gasteiger partial charge in [-0.3, -0.25) is 14.5 Å². The van der Waals surface area contributed by atoms with Crippen molar-refractivity contribution in [1.82, 2.24) is 9.80 Å². The Kier molecular flexibility index (Phi) is 12.5. The van der Waals surface area contributed by atoms with Gasteiger partial charge in [-0.1, -0.05) is 60.7 Å². The summed E-state index contributed by atoms with van der Waals surface area (Å²) in [6.07, 6.45) is 3.58. The van der Waals surface area contributed by atoms with Crippen molar-refractivity contribution in [2.45, 2.75) is 58.5 Å². The lowest BCUT2D eigenvalue weighted by Gasteiger charge is -2.27. The number of halogens is 1. The van der Waals surface area contributed by atoms with Crippen LogP contribution in [0.1, 0.15) is 64.7 Å². The predicted octanol–water partition coefficient (Wildman–Crippen LogP) is 7.24. The second kappa shape index (κ2) is 17.4. The standard InChI is InChI=1S/C40H44FN3O5/c1-30-36(14-8-15-37(30)49-29-42-23-5-6-24-42)44(28-32-18-20-35(41)21-19-32)39(46)17-9-16-38(45)43(25-22-31-10-3-2-4-11-31)27-33-12-7-13-34(26-33)40(47)48/h2-4,7-8,10-15,18-21,26H,5-6,9,16-17,22-25,27-29H2,1H3,(H,47,48). The van der Waals surface area contributed by atoms with E-state index in [4.69, 9.17) is 4.74 Å². The summed E-state index contributed by atoms with van der Waals surface area (Å²) in [6.45, 7) is 5.39. The zero-order valence-electron chi connectivity index (χ0n) is 28.0. The molecule has 0 unspecified atom stereocenters. The van der Waals surface area contributed by atoms with Gasteiger partial charge in [-0.2, -0.15) is 0 Å². The van der Waals surface area contributed by atoms with Crippen molar-refractivity contribution >= 4 is 23.5 Å². The third-order valence-electron chi connectivity index (χ3n) is 8.90. The third-order valence-corrected chi connectivity index (χ3v) is 8.90. The van der Waals surface area contributed by atoms with Crippen LogP contribution in [0.3, 0.4) is 0 Å². The van der Waals surface area contributed by atoms with Gasteiger partial charge in [-0.05, 0) is 85.7 Å². The first kappa shape index (κ1) is 35.3. The molecule has 0 radical (unpaired) electrons. The molecule has 9 heteroatoms. The minimum Gasteiger partial charge on any atom is -0.478 e. The van der Waals surface area contributed by atoms with Crippen LogP contribution in [-0.4, -0.2) is 59.1 Å². The van der Waals surface area contributed by atoms with Crippen LogP contribution in [0, 0.1) is 12.7 Å². The van der Waals surface area contributed by atoms with Gasteiger partial charge in [-0.15, -0.1) is 0 Å². The lowest BCUT2D eigenvalue weighted by atomic mass is 10.1. The molecule has 0 spiro atoms.